The van der Waals surface area contributed by atoms with Crippen molar-refractivity contribution in [2.45, 2.75) is 32.4 Å². The second-order valence-corrected chi connectivity index (χ2v) is 5.27. The first-order valence-corrected chi connectivity index (χ1v) is 7.27. The minimum absolute atomic E-state index is 0.504. The molecule has 1 atom stereocenters. The Morgan fingerprint density at radius 3 is 3.11 bits per heavy atom. The van der Waals surface area contributed by atoms with Gasteiger partial charge in [-0.15, -0.1) is 0 Å². The van der Waals surface area contributed by atoms with Crippen LogP contribution in [0.3, 0.4) is 0 Å². The minimum atomic E-state index is 0.504. The summed E-state index contributed by atoms with van der Waals surface area (Å²) in [6.07, 6.45) is 4.52. The lowest BCUT2D eigenvalue weighted by Gasteiger charge is -2.15. The van der Waals surface area contributed by atoms with Crippen LogP contribution in [0.5, 0.6) is 0 Å². The summed E-state index contributed by atoms with van der Waals surface area (Å²) >= 11 is 0. The highest BCUT2D eigenvalue weighted by molar-refractivity contribution is 5.83. The van der Waals surface area contributed by atoms with Crippen molar-refractivity contribution in [1.82, 2.24) is 9.88 Å². The van der Waals surface area contributed by atoms with E-state index in [2.05, 4.69) is 47.3 Å². The van der Waals surface area contributed by atoms with Gasteiger partial charge in [-0.25, -0.2) is 0 Å². The fourth-order valence-corrected chi connectivity index (χ4v) is 2.88. The first-order valence-electron chi connectivity index (χ1n) is 7.27. The van der Waals surface area contributed by atoms with E-state index < -0.39 is 0 Å². The molecule has 102 valence electrons. The highest BCUT2D eigenvalue weighted by Crippen LogP contribution is 2.28. The highest BCUT2D eigenvalue weighted by Gasteiger charge is 2.19. The van der Waals surface area contributed by atoms with Gasteiger partial charge < -0.3 is 14.6 Å². The molecule has 2 aromatic rings. The van der Waals surface area contributed by atoms with Gasteiger partial charge in [0.1, 0.15) is 0 Å². The van der Waals surface area contributed by atoms with Crippen molar-refractivity contribution < 1.29 is 4.74 Å². The summed E-state index contributed by atoms with van der Waals surface area (Å²) < 4.78 is 7.94. The van der Waals surface area contributed by atoms with Gasteiger partial charge in [-0.05, 0) is 36.4 Å². The molecule has 3 nitrogen and oxygen atoms in total. The fraction of sp³-hybridized carbons (Fsp3) is 0.500. The van der Waals surface area contributed by atoms with Gasteiger partial charge in [0.2, 0.25) is 0 Å². The smallest absolute Gasteiger partial charge is 0.0674 e. The van der Waals surface area contributed by atoms with E-state index in [0.717, 1.165) is 32.7 Å². The Morgan fingerprint density at radius 2 is 2.32 bits per heavy atom. The zero-order valence-corrected chi connectivity index (χ0v) is 11.6. The number of rotatable bonds is 5. The predicted octanol–water partition coefficient (Wildman–Crippen LogP) is 3.10. The molecule has 19 heavy (non-hydrogen) atoms. The van der Waals surface area contributed by atoms with E-state index in [1.54, 1.807) is 0 Å². The van der Waals surface area contributed by atoms with E-state index in [9.17, 15) is 0 Å². The van der Waals surface area contributed by atoms with Crippen LogP contribution < -0.4 is 5.32 Å². The van der Waals surface area contributed by atoms with Crippen LogP contribution in [0.2, 0.25) is 0 Å². The standard InChI is InChI=1S/C16H22N2O/c1-2-8-17-11-14-5-3-4-13-6-9-18(16(13)14)15-7-10-19-12-15/h3-6,9,15,17H,2,7-8,10-12H2,1H3. The number of hydrogen-bond acceptors (Lipinski definition) is 2. The number of hydrogen-bond donors (Lipinski definition) is 1. The number of nitrogens with zero attached hydrogens (tertiary/aromatic N) is 1. The molecule has 1 aliphatic rings. The van der Waals surface area contributed by atoms with Gasteiger partial charge in [0, 0.05) is 19.3 Å². The average molecular weight is 258 g/mol. The molecule has 1 aliphatic heterocycles. The SMILES string of the molecule is CCCNCc1cccc2ccn(C3CCOC3)c12. The largest absolute Gasteiger partial charge is 0.379 e. The molecule has 0 aliphatic carbocycles. The maximum absolute atomic E-state index is 5.53. The predicted molar refractivity (Wildman–Crippen MR) is 78.4 cm³/mol. The van der Waals surface area contributed by atoms with E-state index in [0.29, 0.717) is 6.04 Å². The van der Waals surface area contributed by atoms with Crippen molar-refractivity contribution in [3.05, 3.63) is 36.0 Å². The molecule has 0 saturated carbocycles. The van der Waals surface area contributed by atoms with E-state index in [1.165, 1.54) is 22.9 Å². The maximum atomic E-state index is 5.53. The second kappa shape index (κ2) is 5.76. The van der Waals surface area contributed by atoms with E-state index >= 15 is 0 Å². The molecule has 3 rings (SSSR count). The third-order valence-corrected chi connectivity index (χ3v) is 3.86. The molecule has 1 unspecified atom stereocenters. The number of benzene rings is 1. The molecule has 1 aromatic heterocycles. The molecule has 0 radical (unpaired) electrons. The van der Waals surface area contributed by atoms with Crippen molar-refractivity contribution >= 4 is 10.9 Å². The number of nitrogens with one attached hydrogen (secondary N) is 1. The molecular weight excluding hydrogens is 236 g/mol. The van der Waals surface area contributed by atoms with Gasteiger partial charge in [-0.1, -0.05) is 25.1 Å². The quantitative estimate of drug-likeness (QED) is 0.834. The molecule has 1 N–H and O–H groups in total. The summed E-state index contributed by atoms with van der Waals surface area (Å²) in [6, 6.07) is 9.31. The summed E-state index contributed by atoms with van der Waals surface area (Å²) in [6.45, 7) is 5.96. The first-order chi connectivity index (χ1) is 9.40. The van der Waals surface area contributed by atoms with Crippen LogP contribution in [0.1, 0.15) is 31.4 Å². The van der Waals surface area contributed by atoms with Crippen molar-refractivity contribution in [1.29, 1.82) is 0 Å². The van der Waals surface area contributed by atoms with Crippen LogP contribution in [-0.2, 0) is 11.3 Å². The normalized spacial score (nSPS) is 19.3. The Labute approximate surface area is 114 Å². The van der Waals surface area contributed by atoms with Gasteiger partial charge >= 0.3 is 0 Å². The van der Waals surface area contributed by atoms with Crippen LogP contribution in [0, 0.1) is 0 Å². The van der Waals surface area contributed by atoms with E-state index in [-0.39, 0.29) is 0 Å². The molecule has 1 saturated heterocycles. The lowest BCUT2D eigenvalue weighted by Crippen LogP contribution is -2.15. The van der Waals surface area contributed by atoms with Crippen LogP contribution in [-0.4, -0.2) is 24.3 Å². The average Bonchev–Trinajstić information content (AvgIpc) is 3.07. The minimum Gasteiger partial charge on any atom is -0.379 e. The number of fused-ring (bicyclic) bond motifs is 1. The summed E-state index contributed by atoms with van der Waals surface area (Å²) in [4.78, 5) is 0. The summed E-state index contributed by atoms with van der Waals surface area (Å²) in [5.41, 5.74) is 2.77. The number of aromatic nitrogens is 1. The maximum Gasteiger partial charge on any atom is 0.0674 e. The van der Waals surface area contributed by atoms with Crippen molar-refractivity contribution in [3.63, 3.8) is 0 Å². The van der Waals surface area contributed by atoms with Gasteiger partial charge in [-0.2, -0.15) is 0 Å². The monoisotopic (exact) mass is 258 g/mol. The Balaban J connectivity index is 1.94. The zero-order valence-electron chi connectivity index (χ0n) is 11.6. The molecule has 0 bridgehead atoms. The Kier molecular flexibility index (Phi) is 3.85. The lowest BCUT2D eigenvalue weighted by molar-refractivity contribution is 0.187. The van der Waals surface area contributed by atoms with Crippen LogP contribution >= 0.6 is 0 Å². The summed E-state index contributed by atoms with van der Waals surface area (Å²) in [5.74, 6) is 0. The van der Waals surface area contributed by atoms with Crippen LogP contribution in [0.15, 0.2) is 30.5 Å². The van der Waals surface area contributed by atoms with Crippen molar-refractivity contribution in [2.75, 3.05) is 19.8 Å². The molecule has 3 heteroatoms. The number of ether oxygens (including phenoxy) is 1. The Morgan fingerprint density at radius 1 is 1.37 bits per heavy atom. The van der Waals surface area contributed by atoms with E-state index in [1.807, 2.05) is 0 Å². The van der Waals surface area contributed by atoms with Gasteiger partial charge in [0.25, 0.3) is 0 Å². The third-order valence-electron chi connectivity index (χ3n) is 3.86. The molecule has 0 spiro atoms. The van der Waals surface area contributed by atoms with Crippen LogP contribution in [0.25, 0.3) is 10.9 Å². The topological polar surface area (TPSA) is 26.2 Å². The zero-order chi connectivity index (χ0) is 13.1. The fourth-order valence-electron chi connectivity index (χ4n) is 2.88. The van der Waals surface area contributed by atoms with Crippen molar-refractivity contribution in [3.8, 4) is 0 Å². The highest BCUT2D eigenvalue weighted by atomic mass is 16.5. The van der Waals surface area contributed by atoms with Gasteiger partial charge in [0.15, 0.2) is 0 Å². The Hall–Kier alpha value is -1.32. The molecular formula is C16H22N2O. The third kappa shape index (κ3) is 2.53. The lowest BCUT2D eigenvalue weighted by atomic mass is 10.1. The van der Waals surface area contributed by atoms with Gasteiger partial charge in [0.05, 0.1) is 18.2 Å². The molecule has 1 fully saturated rings. The number of para-hydroxylation sites is 1. The van der Waals surface area contributed by atoms with Crippen LogP contribution in [0.4, 0.5) is 0 Å². The second-order valence-electron chi connectivity index (χ2n) is 5.27. The van der Waals surface area contributed by atoms with Crippen molar-refractivity contribution in [2.24, 2.45) is 0 Å². The first kappa shape index (κ1) is 12.7. The van der Waals surface area contributed by atoms with Gasteiger partial charge in [-0.3, -0.25) is 0 Å². The summed E-state index contributed by atoms with van der Waals surface area (Å²) in [5, 5.41) is 4.84. The molecule has 2 heterocycles. The molecule has 1 aromatic carbocycles. The van der Waals surface area contributed by atoms with E-state index in [4.69, 9.17) is 4.74 Å². The Bertz CT molecular complexity index is 541. The summed E-state index contributed by atoms with van der Waals surface area (Å²) in [7, 11) is 0. The molecule has 0 amide bonds.